The topological polar surface area (TPSA) is 65.5 Å². The van der Waals surface area contributed by atoms with Crippen molar-refractivity contribution in [2.75, 3.05) is 31.9 Å². The van der Waals surface area contributed by atoms with Crippen molar-refractivity contribution >= 4 is 27.4 Å². The first-order valence-corrected chi connectivity index (χ1v) is 9.62. The van der Waals surface area contributed by atoms with Crippen LogP contribution in [-0.2, 0) is 10.2 Å². The largest absolute Gasteiger partial charge is 0.454 e. The van der Waals surface area contributed by atoms with E-state index in [2.05, 4.69) is 33.5 Å². The van der Waals surface area contributed by atoms with Gasteiger partial charge in [-0.25, -0.2) is 9.97 Å². The van der Waals surface area contributed by atoms with Crippen LogP contribution < -0.4 is 14.8 Å². The molecule has 2 aromatic heterocycles. The maximum Gasteiger partial charge on any atom is 0.231 e. The van der Waals surface area contributed by atoms with Crippen LogP contribution in [0.3, 0.4) is 0 Å². The molecule has 6 nitrogen and oxygen atoms in total. The van der Waals surface area contributed by atoms with Gasteiger partial charge >= 0.3 is 0 Å². The second kappa shape index (κ2) is 6.41. The maximum absolute atomic E-state index is 5.64. The van der Waals surface area contributed by atoms with Crippen LogP contribution in [0.5, 0.6) is 11.5 Å². The summed E-state index contributed by atoms with van der Waals surface area (Å²) in [5.41, 5.74) is 1.24. The number of aromatic nitrogens is 2. The van der Waals surface area contributed by atoms with Gasteiger partial charge in [0.05, 0.1) is 5.39 Å². The molecule has 0 saturated carbocycles. The Balaban J connectivity index is 1.46. The van der Waals surface area contributed by atoms with Crippen LogP contribution in [0.2, 0.25) is 0 Å². The Morgan fingerprint density at radius 2 is 1.96 bits per heavy atom. The zero-order chi connectivity index (χ0) is 17.4. The Labute approximate surface area is 155 Å². The van der Waals surface area contributed by atoms with Crippen molar-refractivity contribution in [2.45, 2.75) is 18.3 Å². The van der Waals surface area contributed by atoms with Gasteiger partial charge in [-0.2, -0.15) is 0 Å². The average molecular weight is 369 g/mol. The van der Waals surface area contributed by atoms with E-state index in [0.29, 0.717) is 6.79 Å². The molecule has 3 aromatic rings. The number of nitrogens with one attached hydrogen (secondary N) is 1. The number of hydrogen-bond donors (Lipinski definition) is 1. The van der Waals surface area contributed by atoms with Crippen LogP contribution in [0.4, 0.5) is 5.82 Å². The molecule has 2 aliphatic rings. The normalized spacial score (nSPS) is 18.2. The van der Waals surface area contributed by atoms with Crippen molar-refractivity contribution in [3.8, 4) is 11.5 Å². The lowest BCUT2D eigenvalue weighted by Gasteiger charge is -2.38. The van der Waals surface area contributed by atoms with E-state index in [4.69, 9.17) is 14.2 Å². The summed E-state index contributed by atoms with van der Waals surface area (Å²) in [6.45, 7) is 2.60. The summed E-state index contributed by atoms with van der Waals surface area (Å²) >= 11 is 1.63. The molecule has 7 heteroatoms. The highest BCUT2D eigenvalue weighted by atomic mass is 32.1. The highest BCUT2D eigenvalue weighted by Crippen LogP contribution is 2.41. The molecule has 5 rings (SSSR count). The number of rotatable bonds is 4. The minimum atomic E-state index is -0.0213. The van der Waals surface area contributed by atoms with Gasteiger partial charge in [-0.3, -0.25) is 0 Å². The molecule has 134 valence electrons. The highest BCUT2D eigenvalue weighted by Gasteiger charge is 2.35. The van der Waals surface area contributed by atoms with E-state index in [9.17, 15) is 0 Å². The Kier molecular flexibility index (Phi) is 3.90. The predicted octanol–water partition coefficient (Wildman–Crippen LogP) is 3.58. The first-order valence-electron chi connectivity index (χ1n) is 8.74. The number of benzene rings is 1. The third-order valence-electron chi connectivity index (χ3n) is 5.29. The van der Waals surface area contributed by atoms with Crippen molar-refractivity contribution in [3.63, 3.8) is 0 Å². The zero-order valence-electron chi connectivity index (χ0n) is 14.2. The summed E-state index contributed by atoms with van der Waals surface area (Å²) in [6.07, 6.45) is 3.54. The molecule has 1 saturated heterocycles. The van der Waals surface area contributed by atoms with Crippen molar-refractivity contribution in [3.05, 3.63) is 41.5 Å². The molecule has 0 atom stereocenters. The number of nitrogens with zero attached hydrogens (tertiary/aromatic N) is 2. The summed E-state index contributed by atoms with van der Waals surface area (Å²) < 4.78 is 16.7. The summed E-state index contributed by atoms with van der Waals surface area (Å²) in [5.74, 6) is 2.54. The molecule has 0 spiro atoms. The van der Waals surface area contributed by atoms with E-state index >= 15 is 0 Å². The summed E-state index contributed by atoms with van der Waals surface area (Å²) in [4.78, 5) is 9.79. The predicted molar refractivity (Wildman–Crippen MR) is 100 cm³/mol. The van der Waals surface area contributed by atoms with E-state index in [1.54, 1.807) is 17.7 Å². The molecule has 0 aliphatic carbocycles. The number of fused-ring (bicyclic) bond motifs is 2. The van der Waals surface area contributed by atoms with Crippen molar-refractivity contribution < 1.29 is 14.2 Å². The minimum absolute atomic E-state index is 0.0213. The molecule has 26 heavy (non-hydrogen) atoms. The van der Waals surface area contributed by atoms with E-state index in [1.807, 2.05) is 11.4 Å². The molecule has 0 unspecified atom stereocenters. The van der Waals surface area contributed by atoms with Gasteiger partial charge in [0.15, 0.2) is 11.5 Å². The molecule has 1 N–H and O–H groups in total. The Bertz CT molecular complexity index is 937. The van der Waals surface area contributed by atoms with Crippen molar-refractivity contribution in [1.29, 1.82) is 0 Å². The van der Waals surface area contributed by atoms with E-state index in [1.165, 1.54) is 5.56 Å². The van der Waals surface area contributed by atoms with Gasteiger partial charge in [0.1, 0.15) is 17.0 Å². The molecular weight excluding hydrogens is 350 g/mol. The Morgan fingerprint density at radius 3 is 2.88 bits per heavy atom. The van der Waals surface area contributed by atoms with E-state index in [0.717, 1.165) is 60.1 Å². The highest BCUT2D eigenvalue weighted by molar-refractivity contribution is 7.16. The lowest BCUT2D eigenvalue weighted by molar-refractivity contribution is 0.0543. The molecule has 0 radical (unpaired) electrons. The summed E-state index contributed by atoms with van der Waals surface area (Å²) in [6, 6.07) is 8.35. The lowest BCUT2D eigenvalue weighted by atomic mass is 9.74. The Morgan fingerprint density at radius 1 is 1.08 bits per heavy atom. The van der Waals surface area contributed by atoms with Gasteiger partial charge in [-0.05, 0) is 42.0 Å². The smallest absolute Gasteiger partial charge is 0.231 e. The van der Waals surface area contributed by atoms with Gasteiger partial charge in [-0.1, -0.05) is 6.07 Å². The van der Waals surface area contributed by atoms with Crippen LogP contribution in [0, 0.1) is 0 Å². The van der Waals surface area contributed by atoms with Gasteiger partial charge in [-0.15, -0.1) is 11.3 Å². The second-order valence-corrected chi connectivity index (χ2v) is 7.57. The molecule has 0 bridgehead atoms. The van der Waals surface area contributed by atoms with Crippen LogP contribution in [0.1, 0.15) is 18.4 Å². The fraction of sp³-hybridized carbons (Fsp3) is 0.368. The second-order valence-electron chi connectivity index (χ2n) is 6.68. The van der Waals surface area contributed by atoms with Gasteiger partial charge < -0.3 is 19.5 Å². The number of anilines is 1. The van der Waals surface area contributed by atoms with Gasteiger partial charge in [0.25, 0.3) is 0 Å². The average Bonchev–Trinajstić information content (AvgIpc) is 3.35. The first kappa shape index (κ1) is 15.8. The van der Waals surface area contributed by atoms with E-state index < -0.39 is 0 Å². The quantitative estimate of drug-likeness (QED) is 0.758. The SMILES string of the molecule is c1nc(NCC2(c3ccc4c(c3)OCO4)CCOCC2)c2ccsc2n1. The molecule has 2 aliphatic heterocycles. The molecule has 4 heterocycles. The molecule has 1 fully saturated rings. The third kappa shape index (κ3) is 2.68. The standard InChI is InChI=1S/C19H19N3O3S/c1-2-15-16(25-12-24-15)9-13(1)19(4-6-23-7-5-19)10-20-17-14-3-8-26-18(14)22-11-21-17/h1-3,8-9,11H,4-7,10,12H2,(H,20,21,22). The minimum Gasteiger partial charge on any atom is -0.454 e. The number of thiophene rings is 1. The molecule has 1 aromatic carbocycles. The van der Waals surface area contributed by atoms with Crippen LogP contribution in [0.25, 0.3) is 10.2 Å². The van der Waals surface area contributed by atoms with Crippen LogP contribution in [-0.4, -0.2) is 36.5 Å². The van der Waals surface area contributed by atoms with Crippen molar-refractivity contribution in [2.24, 2.45) is 0 Å². The lowest BCUT2D eigenvalue weighted by Crippen LogP contribution is -2.40. The number of hydrogen-bond acceptors (Lipinski definition) is 7. The maximum atomic E-state index is 5.64. The van der Waals surface area contributed by atoms with Crippen molar-refractivity contribution in [1.82, 2.24) is 9.97 Å². The Hall–Kier alpha value is -2.38. The summed E-state index contributed by atoms with van der Waals surface area (Å²) in [5, 5.41) is 6.70. The fourth-order valence-electron chi connectivity index (χ4n) is 3.74. The van der Waals surface area contributed by atoms with Gasteiger partial charge in [0.2, 0.25) is 6.79 Å². The van der Waals surface area contributed by atoms with Gasteiger partial charge in [0, 0.05) is 25.2 Å². The molecule has 0 amide bonds. The first-order chi connectivity index (χ1) is 12.8. The third-order valence-corrected chi connectivity index (χ3v) is 6.11. The number of ether oxygens (including phenoxy) is 3. The fourth-order valence-corrected chi connectivity index (χ4v) is 4.47. The monoisotopic (exact) mass is 369 g/mol. The zero-order valence-corrected chi connectivity index (χ0v) is 15.1. The van der Waals surface area contributed by atoms with Crippen LogP contribution in [0.15, 0.2) is 36.0 Å². The van der Waals surface area contributed by atoms with Crippen LogP contribution >= 0.6 is 11.3 Å². The molecular formula is C19H19N3O3S. The van der Waals surface area contributed by atoms with E-state index in [-0.39, 0.29) is 5.41 Å². The summed E-state index contributed by atoms with van der Waals surface area (Å²) in [7, 11) is 0.